The zero-order valence-corrected chi connectivity index (χ0v) is 20.6. The van der Waals surface area contributed by atoms with Crippen molar-refractivity contribution in [3.63, 3.8) is 0 Å². The van der Waals surface area contributed by atoms with Gasteiger partial charge in [0.25, 0.3) is 0 Å². The van der Waals surface area contributed by atoms with Gasteiger partial charge in [-0.3, -0.25) is 9.48 Å². The summed E-state index contributed by atoms with van der Waals surface area (Å²) in [5.74, 6) is -0.349. The van der Waals surface area contributed by atoms with Crippen LogP contribution in [0.1, 0.15) is 40.9 Å². The average molecular weight is 549 g/mol. The van der Waals surface area contributed by atoms with Gasteiger partial charge in [0, 0.05) is 22.9 Å². The molecule has 1 aliphatic rings. The molecular weight excluding hydrogens is 524 g/mol. The number of nitrogens with zero attached hydrogens (tertiary/aromatic N) is 4. The van der Waals surface area contributed by atoms with E-state index in [0.717, 1.165) is 10.0 Å². The number of hydrogen-bond donors (Lipinski definition) is 3. The van der Waals surface area contributed by atoms with Crippen LogP contribution in [0.4, 0.5) is 5.82 Å². The third kappa shape index (κ3) is 6.26. The molecule has 0 saturated heterocycles. The van der Waals surface area contributed by atoms with Gasteiger partial charge < -0.3 is 10.4 Å². The molecule has 3 aromatic rings. The number of halogens is 1. The van der Waals surface area contributed by atoms with Gasteiger partial charge in [0.15, 0.2) is 0 Å². The van der Waals surface area contributed by atoms with Gasteiger partial charge in [0.05, 0.1) is 24.0 Å². The molecule has 180 valence electrons. The van der Waals surface area contributed by atoms with Crippen LogP contribution in [-0.4, -0.2) is 57.0 Å². The lowest BCUT2D eigenvalue weighted by molar-refractivity contribution is 0.103. The van der Waals surface area contributed by atoms with Crippen molar-refractivity contribution < 1.29 is 18.3 Å². The number of carbonyl (C=O) groups is 1. The molecule has 0 amide bonds. The number of ketones is 1. The number of nitrogens with one attached hydrogen (secondary N) is 1. The van der Waals surface area contributed by atoms with E-state index >= 15 is 0 Å². The number of aliphatic hydroxyl groups is 1. The minimum atomic E-state index is -3.59. The molecule has 10 nitrogen and oxygen atoms in total. The zero-order chi connectivity index (χ0) is 24.3. The van der Waals surface area contributed by atoms with Crippen LogP contribution >= 0.6 is 15.9 Å². The molecule has 34 heavy (non-hydrogen) atoms. The number of aromatic nitrogens is 4. The second kappa shape index (κ2) is 10.3. The highest BCUT2D eigenvalue weighted by atomic mass is 79.9. The summed E-state index contributed by atoms with van der Waals surface area (Å²) in [7, 11) is -3.59. The van der Waals surface area contributed by atoms with E-state index in [1.807, 2.05) is 24.3 Å². The molecule has 0 bridgehead atoms. The molecule has 1 aliphatic carbocycles. The van der Waals surface area contributed by atoms with Crippen LogP contribution in [0.2, 0.25) is 0 Å². The van der Waals surface area contributed by atoms with E-state index < -0.39 is 16.1 Å². The Kier molecular flexibility index (Phi) is 7.41. The van der Waals surface area contributed by atoms with Gasteiger partial charge in [-0.15, -0.1) is 0 Å². The number of primary sulfonamides is 1. The Morgan fingerprint density at radius 1 is 1.29 bits per heavy atom. The molecule has 0 radical (unpaired) electrons. The van der Waals surface area contributed by atoms with E-state index in [2.05, 4.69) is 36.3 Å². The van der Waals surface area contributed by atoms with Crippen molar-refractivity contribution >= 4 is 37.6 Å². The van der Waals surface area contributed by atoms with Gasteiger partial charge in [0.2, 0.25) is 15.8 Å². The quantitative estimate of drug-likeness (QED) is 0.343. The molecule has 4 rings (SSSR count). The summed E-state index contributed by atoms with van der Waals surface area (Å²) in [6.07, 6.45) is 5.10. The van der Waals surface area contributed by atoms with Crippen molar-refractivity contribution in [1.29, 1.82) is 0 Å². The highest BCUT2D eigenvalue weighted by Gasteiger charge is 2.34. The highest BCUT2D eigenvalue weighted by Crippen LogP contribution is 2.31. The minimum absolute atomic E-state index is 0.170. The van der Waals surface area contributed by atoms with Crippen molar-refractivity contribution in [2.45, 2.75) is 38.0 Å². The van der Waals surface area contributed by atoms with Crippen LogP contribution in [-0.2, 0) is 16.6 Å². The lowest BCUT2D eigenvalue weighted by Crippen LogP contribution is -2.22. The molecule has 0 unspecified atom stereocenters. The lowest BCUT2D eigenvalue weighted by atomic mass is 10.0. The summed E-state index contributed by atoms with van der Waals surface area (Å²) >= 11 is 3.45. The Balaban J connectivity index is 1.44. The molecule has 2 heterocycles. The van der Waals surface area contributed by atoms with Crippen LogP contribution < -0.4 is 10.5 Å². The van der Waals surface area contributed by atoms with Crippen molar-refractivity contribution in [3.8, 4) is 0 Å². The monoisotopic (exact) mass is 548 g/mol. The Morgan fingerprint density at radius 2 is 2.12 bits per heavy atom. The van der Waals surface area contributed by atoms with E-state index in [0.29, 0.717) is 25.2 Å². The molecule has 2 aromatic heterocycles. The fourth-order valence-electron chi connectivity index (χ4n) is 4.18. The van der Waals surface area contributed by atoms with Gasteiger partial charge in [-0.25, -0.2) is 23.5 Å². The Morgan fingerprint density at radius 3 is 2.88 bits per heavy atom. The van der Waals surface area contributed by atoms with Crippen molar-refractivity contribution in [1.82, 2.24) is 19.7 Å². The number of rotatable bonds is 9. The summed E-state index contributed by atoms with van der Waals surface area (Å²) in [6, 6.07) is 9.33. The summed E-state index contributed by atoms with van der Waals surface area (Å²) in [6.45, 7) is 0.517. The summed E-state index contributed by atoms with van der Waals surface area (Å²) in [5, 5.41) is 23.1. The number of nitrogens with two attached hydrogens (primary N) is 1. The Hall–Kier alpha value is -2.67. The Bertz CT molecular complexity index is 1280. The van der Waals surface area contributed by atoms with Crippen LogP contribution in [0.15, 0.2) is 53.5 Å². The maximum atomic E-state index is 13.2. The third-order valence-electron chi connectivity index (χ3n) is 5.84. The zero-order valence-electron chi connectivity index (χ0n) is 18.2. The maximum absolute atomic E-state index is 13.2. The van der Waals surface area contributed by atoms with Crippen molar-refractivity contribution in [2.24, 2.45) is 11.1 Å². The third-order valence-corrected chi connectivity index (χ3v) is 7.13. The number of aliphatic hydroxyl groups excluding tert-OH is 1. The van der Waals surface area contributed by atoms with Crippen LogP contribution in [0.5, 0.6) is 0 Å². The lowest BCUT2D eigenvalue weighted by Gasteiger charge is -2.15. The van der Waals surface area contributed by atoms with Gasteiger partial charge >= 0.3 is 0 Å². The standard InChI is InChI=1S/C22H25BrN6O4S/c23-16-3-1-2-14(8-16)12-29-6-4-19(28-29)21(31)18-11-25-13-26-22(18)27-17-9-15(20(30)10-17)5-7-34(24,32)33/h1-4,6,8,11,13,15,17,20,30H,5,7,9-10,12H2,(H2,24,32,33)(H,25,26,27)/t15-,17+,20-/m0/s1. The van der Waals surface area contributed by atoms with E-state index in [9.17, 15) is 18.3 Å². The number of carbonyl (C=O) groups excluding carboxylic acids is 1. The molecule has 0 aliphatic heterocycles. The van der Waals surface area contributed by atoms with E-state index in [4.69, 9.17) is 5.14 Å². The van der Waals surface area contributed by atoms with Gasteiger partial charge in [-0.1, -0.05) is 28.1 Å². The summed E-state index contributed by atoms with van der Waals surface area (Å²) in [4.78, 5) is 21.4. The smallest absolute Gasteiger partial charge is 0.218 e. The van der Waals surface area contributed by atoms with Crippen LogP contribution in [0.3, 0.4) is 0 Å². The fourth-order valence-corrected chi connectivity index (χ4v) is 5.26. The predicted molar refractivity (Wildman–Crippen MR) is 130 cm³/mol. The topological polar surface area (TPSA) is 153 Å². The fraction of sp³-hybridized carbons (Fsp3) is 0.364. The van der Waals surface area contributed by atoms with Crippen LogP contribution in [0.25, 0.3) is 0 Å². The normalized spacial score (nSPS) is 20.4. The number of sulfonamides is 1. The first kappa shape index (κ1) is 24.5. The number of anilines is 1. The molecule has 4 N–H and O–H groups in total. The molecule has 1 saturated carbocycles. The second-order valence-corrected chi connectivity index (χ2v) is 11.1. The second-order valence-electron chi connectivity index (χ2n) is 8.44. The van der Waals surface area contributed by atoms with Gasteiger partial charge in [-0.2, -0.15) is 5.10 Å². The molecule has 1 fully saturated rings. The Labute approximate surface area is 205 Å². The maximum Gasteiger partial charge on any atom is 0.218 e. The summed E-state index contributed by atoms with van der Waals surface area (Å²) < 4.78 is 25.2. The summed E-state index contributed by atoms with van der Waals surface area (Å²) in [5.41, 5.74) is 1.58. The molecule has 12 heteroatoms. The molecular formula is C22H25BrN6O4S. The van der Waals surface area contributed by atoms with Crippen molar-refractivity contribution in [2.75, 3.05) is 11.1 Å². The first-order chi connectivity index (χ1) is 16.2. The number of hydrogen-bond acceptors (Lipinski definition) is 8. The minimum Gasteiger partial charge on any atom is -0.393 e. The van der Waals surface area contributed by atoms with E-state index in [1.54, 1.807) is 16.9 Å². The molecule has 0 spiro atoms. The number of benzene rings is 1. The molecule has 1 aromatic carbocycles. The van der Waals surface area contributed by atoms with Crippen LogP contribution in [0, 0.1) is 5.92 Å². The van der Waals surface area contributed by atoms with E-state index in [1.165, 1.54) is 12.5 Å². The van der Waals surface area contributed by atoms with E-state index in [-0.39, 0.29) is 41.2 Å². The van der Waals surface area contributed by atoms with Gasteiger partial charge in [0.1, 0.15) is 17.8 Å². The van der Waals surface area contributed by atoms with Gasteiger partial charge in [-0.05, 0) is 48.9 Å². The predicted octanol–water partition coefficient (Wildman–Crippen LogP) is 1.94. The first-order valence-electron chi connectivity index (χ1n) is 10.8. The van der Waals surface area contributed by atoms with Crippen molar-refractivity contribution in [3.05, 3.63) is 70.3 Å². The molecule has 3 atom stereocenters. The average Bonchev–Trinajstić information content (AvgIpc) is 3.38. The largest absolute Gasteiger partial charge is 0.393 e. The highest BCUT2D eigenvalue weighted by molar-refractivity contribution is 9.10. The first-order valence-corrected chi connectivity index (χ1v) is 13.3. The SMILES string of the molecule is NS(=O)(=O)CC[C@H]1C[C@@H](Nc2ncncc2C(=O)c2ccn(Cc3cccc(Br)c3)n2)C[C@@H]1O.